The first-order valence-electron chi connectivity index (χ1n) is 10.4. The number of alkyl halides is 3. The summed E-state index contributed by atoms with van der Waals surface area (Å²) in [4.78, 5) is 38.0. The van der Waals surface area contributed by atoms with Gasteiger partial charge in [-0.3, -0.25) is 14.4 Å². The van der Waals surface area contributed by atoms with Crippen molar-refractivity contribution in [1.29, 1.82) is 0 Å². The van der Waals surface area contributed by atoms with Crippen LogP contribution in [0.3, 0.4) is 0 Å². The zero-order chi connectivity index (χ0) is 27.8. The van der Waals surface area contributed by atoms with Crippen molar-refractivity contribution in [3.05, 3.63) is 28.1 Å². The van der Waals surface area contributed by atoms with Gasteiger partial charge in [-0.05, 0) is 12.5 Å². The molecule has 2 atom stereocenters. The summed E-state index contributed by atoms with van der Waals surface area (Å²) >= 11 is 0. The maximum Gasteiger partial charge on any atom is 0.418 e. The van der Waals surface area contributed by atoms with E-state index >= 15 is 4.39 Å². The summed E-state index contributed by atoms with van der Waals surface area (Å²) in [5.74, 6) is -6.52. The second-order valence-electron chi connectivity index (χ2n) is 7.43. The highest BCUT2D eigenvalue weighted by atomic mass is 19.4. The van der Waals surface area contributed by atoms with Crippen LogP contribution in [0.2, 0.25) is 0 Å². The van der Waals surface area contributed by atoms with Gasteiger partial charge >= 0.3 is 6.18 Å². The molecule has 0 radical (unpaired) electrons. The van der Waals surface area contributed by atoms with Crippen molar-refractivity contribution in [3.63, 3.8) is 0 Å². The van der Waals surface area contributed by atoms with Crippen molar-refractivity contribution in [2.75, 3.05) is 51.0 Å². The van der Waals surface area contributed by atoms with Crippen molar-refractivity contribution in [2.24, 2.45) is 0 Å². The van der Waals surface area contributed by atoms with Crippen LogP contribution in [-0.2, 0) is 11.0 Å². The van der Waals surface area contributed by atoms with E-state index < -0.39 is 116 Å². The van der Waals surface area contributed by atoms with E-state index in [4.69, 9.17) is 10.2 Å². The molecule has 16 heteroatoms. The van der Waals surface area contributed by atoms with Gasteiger partial charge in [-0.1, -0.05) is 0 Å². The van der Waals surface area contributed by atoms with E-state index in [0.717, 1.165) is 6.92 Å². The van der Waals surface area contributed by atoms with Crippen molar-refractivity contribution < 1.29 is 62.6 Å². The van der Waals surface area contributed by atoms with E-state index in [0.29, 0.717) is 4.90 Å². The standard InChI is InChI=1S/C20H27F4N3O9/c1-9-13(18(35)25-4-10(32)6-29)15(20(22,23)24)14(19(36)26-5-11(33)7-30)16(21)17(9)27(2-3-28)12(34)8-31/h10-11,28-33H,2-8H2,1H3,(H,25,35)(H,26,36). The van der Waals surface area contributed by atoms with E-state index in [-0.39, 0.29) is 0 Å². The average Bonchev–Trinajstić information content (AvgIpc) is 2.83. The Morgan fingerprint density at radius 2 is 1.39 bits per heavy atom. The number of nitrogens with zero attached hydrogens (tertiary/aromatic N) is 1. The Morgan fingerprint density at radius 1 is 0.917 bits per heavy atom. The van der Waals surface area contributed by atoms with E-state index in [1.54, 1.807) is 5.32 Å². The Kier molecular flexibility index (Phi) is 11.6. The molecule has 2 unspecified atom stereocenters. The van der Waals surface area contributed by atoms with E-state index in [1.807, 2.05) is 5.32 Å². The molecule has 1 aromatic carbocycles. The van der Waals surface area contributed by atoms with Crippen molar-refractivity contribution >= 4 is 23.4 Å². The molecule has 0 aromatic heterocycles. The summed E-state index contributed by atoms with van der Waals surface area (Å²) in [5, 5.41) is 58.8. The Morgan fingerprint density at radius 3 is 1.78 bits per heavy atom. The average molecular weight is 529 g/mol. The first-order chi connectivity index (χ1) is 16.8. The molecule has 0 spiro atoms. The fourth-order valence-corrected chi connectivity index (χ4v) is 3.20. The van der Waals surface area contributed by atoms with E-state index in [9.17, 15) is 48.0 Å². The largest absolute Gasteiger partial charge is 0.418 e. The quantitative estimate of drug-likeness (QED) is 0.136. The minimum atomic E-state index is -5.53. The number of aliphatic hydroxyl groups is 6. The van der Waals surface area contributed by atoms with Gasteiger partial charge in [0.25, 0.3) is 17.7 Å². The summed E-state index contributed by atoms with van der Waals surface area (Å²) in [6.45, 7) is -5.34. The fraction of sp³-hybridized carbons (Fsp3) is 0.550. The highest BCUT2D eigenvalue weighted by molar-refractivity contribution is 6.07. The maximum absolute atomic E-state index is 15.6. The highest BCUT2D eigenvalue weighted by Crippen LogP contribution is 2.42. The summed E-state index contributed by atoms with van der Waals surface area (Å²) in [7, 11) is 0. The molecule has 0 saturated heterocycles. The number of hydrogen-bond acceptors (Lipinski definition) is 9. The summed E-state index contributed by atoms with van der Waals surface area (Å²) in [6.07, 6.45) is -8.73. The predicted octanol–water partition coefficient (Wildman–Crippen LogP) is -2.36. The molecule has 204 valence electrons. The van der Waals surface area contributed by atoms with Crippen LogP contribution in [0.5, 0.6) is 0 Å². The summed E-state index contributed by atoms with van der Waals surface area (Å²) in [6, 6.07) is 0. The van der Waals surface area contributed by atoms with Crippen LogP contribution in [0.25, 0.3) is 0 Å². The zero-order valence-corrected chi connectivity index (χ0v) is 19.0. The highest BCUT2D eigenvalue weighted by Gasteiger charge is 2.44. The number of carbonyl (C=O) groups is 3. The molecule has 36 heavy (non-hydrogen) atoms. The van der Waals surface area contributed by atoms with Gasteiger partial charge in [0.2, 0.25) is 0 Å². The molecule has 1 aromatic rings. The van der Waals surface area contributed by atoms with Crippen LogP contribution in [0, 0.1) is 12.7 Å². The SMILES string of the molecule is Cc1c(C(=O)NCC(O)CO)c(C(F)(F)F)c(C(=O)NCC(O)CO)c(F)c1N(CCO)C(=O)CO. The van der Waals surface area contributed by atoms with E-state index in [1.165, 1.54) is 0 Å². The Hall–Kier alpha value is -2.89. The van der Waals surface area contributed by atoms with Crippen LogP contribution < -0.4 is 15.5 Å². The van der Waals surface area contributed by atoms with Gasteiger partial charge in [-0.15, -0.1) is 0 Å². The number of aliphatic hydroxyl groups excluding tert-OH is 6. The molecule has 0 bridgehead atoms. The van der Waals surface area contributed by atoms with Crippen molar-refractivity contribution in [3.8, 4) is 0 Å². The molecule has 0 saturated carbocycles. The van der Waals surface area contributed by atoms with E-state index in [2.05, 4.69) is 0 Å². The molecular weight excluding hydrogens is 502 g/mol. The number of rotatable bonds is 12. The lowest BCUT2D eigenvalue weighted by molar-refractivity contribution is -0.138. The molecule has 12 nitrogen and oxygen atoms in total. The number of carbonyl (C=O) groups excluding carboxylic acids is 3. The summed E-state index contributed by atoms with van der Waals surface area (Å²) in [5.41, 5.74) is -6.91. The smallest absolute Gasteiger partial charge is 0.395 e. The topological polar surface area (TPSA) is 200 Å². The number of hydrogen-bond donors (Lipinski definition) is 8. The Bertz CT molecular complexity index is 906. The molecule has 0 fully saturated rings. The molecule has 0 aliphatic rings. The van der Waals surface area contributed by atoms with Crippen LogP contribution in [0.15, 0.2) is 0 Å². The lowest BCUT2D eigenvalue weighted by Gasteiger charge is -2.28. The second kappa shape index (κ2) is 13.4. The van der Waals surface area contributed by atoms with Gasteiger partial charge in [0.15, 0.2) is 5.82 Å². The molecular formula is C20H27F4N3O9. The van der Waals surface area contributed by atoms with Crippen molar-refractivity contribution in [2.45, 2.75) is 25.3 Å². The molecule has 0 heterocycles. The Labute approximate surface area is 201 Å². The van der Waals surface area contributed by atoms with Gasteiger partial charge in [0.05, 0.1) is 54.4 Å². The number of anilines is 1. The van der Waals surface area contributed by atoms with Crippen LogP contribution in [0.4, 0.5) is 23.2 Å². The van der Waals surface area contributed by atoms with Crippen LogP contribution >= 0.6 is 0 Å². The first kappa shape index (κ1) is 31.1. The molecule has 3 amide bonds. The number of halogens is 4. The fourth-order valence-electron chi connectivity index (χ4n) is 3.20. The third-order valence-corrected chi connectivity index (χ3v) is 4.84. The summed E-state index contributed by atoms with van der Waals surface area (Å²) < 4.78 is 58.1. The van der Waals surface area contributed by atoms with Crippen LogP contribution in [-0.4, -0.2) is 107 Å². The number of benzene rings is 1. The van der Waals surface area contributed by atoms with Gasteiger partial charge in [0, 0.05) is 19.6 Å². The number of amides is 3. The minimum Gasteiger partial charge on any atom is -0.395 e. The third kappa shape index (κ3) is 7.31. The van der Waals surface area contributed by atoms with Gasteiger partial charge in [0.1, 0.15) is 6.61 Å². The minimum absolute atomic E-state index is 0.351. The second-order valence-corrected chi connectivity index (χ2v) is 7.43. The third-order valence-electron chi connectivity index (χ3n) is 4.84. The molecule has 8 N–H and O–H groups in total. The molecule has 1 rings (SSSR count). The normalized spacial score (nSPS) is 13.2. The maximum atomic E-state index is 15.6. The first-order valence-corrected chi connectivity index (χ1v) is 10.4. The number of nitrogens with one attached hydrogen (secondary N) is 2. The lowest BCUT2D eigenvalue weighted by atomic mass is 9.91. The predicted molar refractivity (Wildman–Crippen MR) is 114 cm³/mol. The van der Waals surface area contributed by atoms with Gasteiger partial charge in [-0.25, -0.2) is 4.39 Å². The molecule has 0 aliphatic carbocycles. The molecule has 0 aliphatic heterocycles. The van der Waals surface area contributed by atoms with Crippen LogP contribution in [0.1, 0.15) is 31.8 Å². The van der Waals surface area contributed by atoms with Gasteiger partial charge < -0.3 is 46.2 Å². The van der Waals surface area contributed by atoms with Crippen molar-refractivity contribution in [1.82, 2.24) is 10.6 Å². The zero-order valence-electron chi connectivity index (χ0n) is 19.0. The monoisotopic (exact) mass is 529 g/mol. The van der Waals surface area contributed by atoms with Gasteiger partial charge in [-0.2, -0.15) is 13.2 Å². The lowest BCUT2D eigenvalue weighted by Crippen LogP contribution is -2.41. The Balaban J connectivity index is 4.03.